The second-order valence-electron chi connectivity index (χ2n) is 3.34. The van der Waals surface area contributed by atoms with Crippen molar-refractivity contribution in [2.45, 2.75) is 0 Å². The third-order valence-electron chi connectivity index (χ3n) is 1.98. The zero-order chi connectivity index (χ0) is 13.7. The van der Waals surface area contributed by atoms with E-state index in [4.69, 9.17) is 10.2 Å². The topological polar surface area (TPSA) is 74.6 Å². The zero-order valence-corrected chi connectivity index (χ0v) is 10.9. The van der Waals surface area contributed by atoms with Gasteiger partial charge >= 0.3 is 11.9 Å². The fourth-order valence-corrected chi connectivity index (χ4v) is 1.43. The molecule has 0 spiro atoms. The van der Waals surface area contributed by atoms with Crippen LogP contribution >= 0.6 is 25.3 Å². The van der Waals surface area contributed by atoms with Gasteiger partial charge in [0.15, 0.2) is 0 Å². The summed E-state index contributed by atoms with van der Waals surface area (Å²) < 4.78 is 0. The van der Waals surface area contributed by atoms with E-state index in [0.29, 0.717) is 11.1 Å². The first-order chi connectivity index (χ1) is 8.40. The molecular formula is C12H10O4S2. The predicted octanol–water partition coefficient (Wildman–Crippen LogP) is 2.40. The van der Waals surface area contributed by atoms with Gasteiger partial charge in [-0.1, -0.05) is 24.3 Å². The van der Waals surface area contributed by atoms with E-state index in [1.807, 2.05) is 0 Å². The van der Waals surface area contributed by atoms with Gasteiger partial charge in [-0.3, -0.25) is 0 Å². The van der Waals surface area contributed by atoms with Crippen LogP contribution in [-0.2, 0) is 9.59 Å². The molecule has 0 saturated carbocycles. The number of thiol groups is 2. The summed E-state index contributed by atoms with van der Waals surface area (Å²) in [6.45, 7) is 0. The van der Waals surface area contributed by atoms with Gasteiger partial charge in [-0.15, -0.1) is 25.3 Å². The van der Waals surface area contributed by atoms with Gasteiger partial charge in [0.05, 0.1) is 9.81 Å². The van der Waals surface area contributed by atoms with E-state index in [2.05, 4.69) is 25.3 Å². The van der Waals surface area contributed by atoms with Crippen LogP contribution in [0.5, 0.6) is 0 Å². The molecule has 1 rings (SSSR count). The number of benzene rings is 1. The van der Waals surface area contributed by atoms with E-state index in [0.717, 1.165) is 0 Å². The highest BCUT2D eigenvalue weighted by Crippen LogP contribution is 2.14. The highest BCUT2D eigenvalue weighted by atomic mass is 32.1. The summed E-state index contributed by atoms with van der Waals surface area (Å²) in [4.78, 5) is 21.0. The Bertz CT molecular complexity index is 481. The first-order valence-electron chi connectivity index (χ1n) is 4.78. The van der Waals surface area contributed by atoms with Gasteiger partial charge in [-0.05, 0) is 23.3 Å². The number of carbonyl (C=O) groups is 2. The molecule has 0 aromatic heterocycles. The molecule has 6 heteroatoms. The molecule has 18 heavy (non-hydrogen) atoms. The third-order valence-corrected chi connectivity index (χ3v) is 2.62. The SMILES string of the molecule is O=C(O)C(S)=Cc1ccc(C=C(S)C(=O)O)cc1. The fourth-order valence-electron chi connectivity index (χ4n) is 1.13. The van der Waals surface area contributed by atoms with E-state index in [1.165, 1.54) is 12.2 Å². The predicted molar refractivity (Wildman–Crippen MR) is 75.6 cm³/mol. The van der Waals surface area contributed by atoms with Crippen LogP contribution in [0, 0.1) is 0 Å². The molecule has 1 aromatic rings. The van der Waals surface area contributed by atoms with Gasteiger partial charge < -0.3 is 10.2 Å². The Hall–Kier alpha value is -1.66. The lowest BCUT2D eigenvalue weighted by atomic mass is 10.1. The minimum absolute atomic E-state index is 0.0706. The molecule has 0 amide bonds. The fraction of sp³-hybridized carbons (Fsp3) is 0. The number of hydrogen-bond acceptors (Lipinski definition) is 4. The summed E-state index contributed by atoms with van der Waals surface area (Å²) in [6, 6.07) is 6.64. The summed E-state index contributed by atoms with van der Waals surface area (Å²) in [5.41, 5.74) is 1.33. The molecule has 0 fully saturated rings. The van der Waals surface area contributed by atoms with Crippen LogP contribution in [0.25, 0.3) is 12.2 Å². The molecule has 94 valence electrons. The quantitative estimate of drug-likeness (QED) is 0.505. The smallest absolute Gasteiger partial charge is 0.341 e. The monoisotopic (exact) mass is 282 g/mol. The average molecular weight is 282 g/mol. The maximum atomic E-state index is 10.6. The van der Waals surface area contributed by atoms with Gasteiger partial charge in [0.25, 0.3) is 0 Å². The number of hydrogen-bond donors (Lipinski definition) is 4. The van der Waals surface area contributed by atoms with Crippen LogP contribution in [0.1, 0.15) is 11.1 Å². The van der Waals surface area contributed by atoms with Crippen molar-refractivity contribution in [1.82, 2.24) is 0 Å². The lowest BCUT2D eigenvalue weighted by molar-refractivity contribution is -0.132. The molecule has 0 atom stereocenters. The highest BCUT2D eigenvalue weighted by Gasteiger charge is 2.02. The number of rotatable bonds is 4. The van der Waals surface area contributed by atoms with Crippen LogP contribution in [0.4, 0.5) is 0 Å². The third kappa shape index (κ3) is 4.31. The standard InChI is InChI=1S/C12H10O4S2/c13-11(14)9(17)5-7-1-2-8(4-3-7)6-10(18)12(15)16/h1-6,17-18H,(H,13,14)(H,15,16). The van der Waals surface area contributed by atoms with Gasteiger partial charge in [0.2, 0.25) is 0 Å². The molecule has 0 aliphatic rings. The van der Waals surface area contributed by atoms with Gasteiger partial charge in [0.1, 0.15) is 0 Å². The molecule has 0 radical (unpaired) electrons. The van der Waals surface area contributed by atoms with Crippen LogP contribution in [0.3, 0.4) is 0 Å². The van der Waals surface area contributed by atoms with Crippen LogP contribution in [0.2, 0.25) is 0 Å². The molecule has 1 aromatic carbocycles. The molecule has 0 aliphatic carbocycles. The minimum atomic E-state index is -1.11. The number of carboxylic acid groups (broad SMARTS) is 2. The Labute approximate surface area is 114 Å². The maximum absolute atomic E-state index is 10.6. The second-order valence-corrected chi connectivity index (χ2v) is 4.30. The summed E-state index contributed by atoms with van der Waals surface area (Å²) in [5, 5.41) is 17.3. The molecule has 0 bridgehead atoms. The number of aliphatic carboxylic acids is 2. The Morgan fingerprint density at radius 2 is 1.11 bits per heavy atom. The van der Waals surface area contributed by atoms with Crippen molar-refractivity contribution >= 4 is 49.3 Å². The Balaban J connectivity index is 2.94. The normalized spacial score (nSPS) is 12.3. The maximum Gasteiger partial charge on any atom is 0.341 e. The first-order valence-corrected chi connectivity index (χ1v) is 5.67. The zero-order valence-electron chi connectivity index (χ0n) is 9.07. The lowest BCUT2D eigenvalue weighted by Gasteiger charge is -1.98. The van der Waals surface area contributed by atoms with Crippen LogP contribution < -0.4 is 0 Å². The summed E-state index contributed by atoms with van der Waals surface area (Å²) >= 11 is 7.61. The summed E-state index contributed by atoms with van der Waals surface area (Å²) in [5.74, 6) is -2.21. The number of carboxylic acids is 2. The van der Waals surface area contributed by atoms with Crippen molar-refractivity contribution < 1.29 is 19.8 Å². The van der Waals surface area contributed by atoms with E-state index in [1.54, 1.807) is 24.3 Å². The van der Waals surface area contributed by atoms with Gasteiger partial charge in [-0.2, -0.15) is 0 Å². The minimum Gasteiger partial charge on any atom is -0.477 e. The molecule has 0 unspecified atom stereocenters. The first kappa shape index (κ1) is 14.4. The molecule has 4 nitrogen and oxygen atoms in total. The van der Waals surface area contributed by atoms with Crippen molar-refractivity contribution in [3.8, 4) is 0 Å². The Morgan fingerprint density at radius 3 is 1.33 bits per heavy atom. The van der Waals surface area contributed by atoms with Crippen LogP contribution in [0.15, 0.2) is 34.1 Å². The summed E-state index contributed by atoms with van der Waals surface area (Å²) in [7, 11) is 0. The van der Waals surface area contributed by atoms with Crippen molar-refractivity contribution in [3.63, 3.8) is 0 Å². The second kappa shape index (κ2) is 6.32. The van der Waals surface area contributed by atoms with E-state index in [-0.39, 0.29) is 9.81 Å². The molecule has 2 N–H and O–H groups in total. The van der Waals surface area contributed by atoms with E-state index >= 15 is 0 Å². The Kier molecular flexibility index (Phi) is 5.06. The van der Waals surface area contributed by atoms with Gasteiger partial charge in [0, 0.05) is 0 Å². The van der Waals surface area contributed by atoms with Crippen molar-refractivity contribution in [3.05, 3.63) is 45.2 Å². The van der Waals surface area contributed by atoms with Crippen molar-refractivity contribution in [2.75, 3.05) is 0 Å². The molecule has 0 heterocycles. The van der Waals surface area contributed by atoms with E-state index in [9.17, 15) is 9.59 Å². The molecular weight excluding hydrogens is 272 g/mol. The summed E-state index contributed by atoms with van der Waals surface area (Å²) in [6.07, 6.45) is 2.80. The van der Waals surface area contributed by atoms with Gasteiger partial charge in [-0.25, -0.2) is 9.59 Å². The Morgan fingerprint density at radius 1 is 0.833 bits per heavy atom. The van der Waals surface area contributed by atoms with E-state index < -0.39 is 11.9 Å². The largest absolute Gasteiger partial charge is 0.477 e. The molecule has 0 aliphatic heterocycles. The van der Waals surface area contributed by atoms with Crippen molar-refractivity contribution in [1.29, 1.82) is 0 Å². The van der Waals surface area contributed by atoms with Crippen molar-refractivity contribution in [2.24, 2.45) is 0 Å². The highest BCUT2D eigenvalue weighted by molar-refractivity contribution is 7.86. The average Bonchev–Trinajstić information content (AvgIpc) is 2.31. The van der Waals surface area contributed by atoms with Crippen LogP contribution in [-0.4, -0.2) is 22.2 Å². The lowest BCUT2D eigenvalue weighted by Crippen LogP contribution is -1.94. The molecule has 0 saturated heterocycles.